The molecule has 2 rings (SSSR count). The number of carbonyl (C=O) groups is 1. The second-order valence-electron chi connectivity index (χ2n) is 4.60. The van der Waals surface area contributed by atoms with E-state index in [1.165, 1.54) is 19.2 Å². The molecule has 4 nitrogen and oxygen atoms in total. The Hall–Kier alpha value is -2.09. The first kappa shape index (κ1) is 13.3. The molecule has 0 aliphatic heterocycles. The Kier molecular flexibility index (Phi) is 4.00. The molecule has 100 valence electrons. The first-order chi connectivity index (χ1) is 9.15. The number of nitrogens with zero attached hydrogens (tertiary/aromatic N) is 1. The van der Waals surface area contributed by atoms with E-state index in [1.54, 1.807) is 0 Å². The Balaban J connectivity index is 2.08. The highest BCUT2D eigenvalue weighted by molar-refractivity contribution is 5.94. The van der Waals surface area contributed by atoms with Crippen LogP contribution in [0.4, 0.5) is 4.39 Å². The van der Waals surface area contributed by atoms with Crippen molar-refractivity contribution >= 4 is 5.91 Å². The molecule has 2 unspecified atom stereocenters. The number of rotatable bonds is 3. The third-order valence-electron chi connectivity index (χ3n) is 3.41. The standard InChI is InChI=1S/C14H15FN2O2/c1-19-13-6-5-9(7-11(13)15)14(18)17-12-4-2-3-10(12)8-16/h5-7,10,12H,2-4H2,1H3,(H,17,18). The van der Waals surface area contributed by atoms with E-state index in [1.807, 2.05) is 0 Å². The molecular formula is C14H15FN2O2. The van der Waals surface area contributed by atoms with Gasteiger partial charge in [-0.05, 0) is 37.5 Å². The molecule has 0 saturated heterocycles. The molecule has 1 aliphatic carbocycles. The molecule has 0 radical (unpaired) electrons. The lowest BCUT2D eigenvalue weighted by atomic mass is 10.1. The van der Waals surface area contributed by atoms with E-state index < -0.39 is 5.82 Å². The van der Waals surface area contributed by atoms with Crippen LogP contribution in [0.1, 0.15) is 29.6 Å². The first-order valence-electron chi connectivity index (χ1n) is 6.19. The molecule has 1 aromatic rings. The summed E-state index contributed by atoms with van der Waals surface area (Å²) in [5.74, 6) is -0.966. The fourth-order valence-corrected chi connectivity index (χ4v) is 2.35. The van der Waals surface area contributed by atoms with Crippen molar-refractivity contribution in [1.29, 1.82) is 5.26 Å². The largest absolute Gasteiger partial charge is 0.494 e. The Morgan fingerprint density at radius 2 is 2.32 bits per heavy atom. The van der Waals surface area contributed by atoms with E-state index in [-0.39, 0.29) is 29.2 Å². The number of benzene rings is 1. The van der Waals surface area contributed by atoms with Crippen molar-refractivity contribution in [2.24, 2.45) is 5.92 Å². The van der Waals surface area contributed by atoms with E-state index >= 15 is 0 Å². The summed E-state index contributed by atoms with van der Waals surface area (Å²) in [4.78, 5) is 12.0. The van der Waals surface area contributed by atoms with Crippen molar-refractivity contribution in [3.63, 3.8) is 0 Å². The van der Waals surface area contributed by atoms with Gasteiger partial charge >= 0.3 is 0 Å². The highest BCUT2D eigenvalue weighted by Crippen LogP contribution is 2.25. The van der Waals surface area contributed by atoms with Crippen LogP contribution in [-0.4, -0.2) is 19.1 Å². The van der Waals surface area contributed by atoms with E-state index in [0.29, 0.717) is 0 Å². The van der Waals surface area contributed by atoms with Crippen molar-refractivity contribution in [3.05, 3.63) is 29.6 Å². The number of halogens is 1. The van der Waals surface area contributed by atoms with E-state index in [4.69, 9.17) is 10.00 Å². The molecule has 19 heavy (non-hydrogen) atoms. The second-order valence-corrected chi connectivity index (χ2v) is 4.60. The summed E-state index contributed by atoms with van der Waals surface area (Å²) in [7, 11) is 1.37. The summed E-state index contributed by atoms with van der Waals surface area (Å²) in [5, 5.41) is 11.7. The van der Waals surface area contributed by atoms with Gasteiger partial charge in [-0.15, -0.1) is 0 Å². The highest BCUT2D eigenvalue weighted by Gasteiger charge is 2.28. The highest BCUT2D eigenvalue weighted by atomic mass is 19.1. The van der Waals surface area contributed by atoms with Crippen LogP contribution in [0, 0.1) is 23.1 Å². The average molecular weight is 262 g/mol. The zero-order chi connectivity index (χ0) is 13.8. The smallest absolute Gasteiger partial charge is 0.251 e. The van der Waals surface area contributed by atoms with Gasteiger partial charge in [0.1, 0.15) is 0 Å². The summed E-state index contributed by atoms with van der Waals surface area (Å²) < 4.78 is 18.3. The lowest BCUT2D eigenvalue weighted by Crippen LogP contribution is -2.36. The van der Waals surface area contributed by atoms with Crippen molar-refractivity contribution < 1.29 is 13.9 Å². The third kappa shape index (κ3) is 2.84. The van der Waals surface area contributed by atoms with Crippen molar-refractivity contribution in [2.75, 3.05) is 7.11 Å². The molecule has 1 amide bonds. The number of hydrogen-bond acceptors (Lipinski definition) is 3. The van der Waals surface area contributed by atoms with Crippen molar-refractivity contribution in [2.45, 2.75) is 25.3 Å². The quantitative estimate of drug-likeness (QED) is 0.908. The maximum atomic E-state index is 13.5. The zero-order valence-electron chi connectivity index (χ0n) is 10.6. The van der Waals surface area contributed by atoms with Crippen molar-refractivity contribution in [1.82, 2.24) is 5.32 Å². The number of hydrogen-bond donors (Lipinski definition) is 1. The molecule has 0 bridgehead atoms. The van der Waals surface area contributed by atoms with Gasteiger partial charge in [0.15, 0.2) is 11.6 Å². The van der Waals surface area contributed by atoms with Crippen LogP contribution in [0.25, 0.3) is 0 Å². The summed E-state index contributed by atoms with van der Waals surface area (Å²) in [6, 6.07) is 6.12. The Labute approximate surface area is 111 Å². The number of amides is 1. The molecule has 0 spiro atoms. The van der Waals surface area contributed by atoms with Crippen molar-refractivity contribution in [3.8, 4) is 11.8 Å². The van der Waals surface area contributed by atoms with Gasteiger partial charge in [0, 0.05) is 11.6 Å². The lowest BCUT2D eigenvalue weighted by Gasteiger charge is -2.15. The Bertz CT molecular complexity index is 525. The van der Waals surface area contributed by atoms with Crippen LogP contribution in [-0.2, 0) is 0 Å². The monoisotopic (exact) mass is 262 g/mol. The maximum Gasteiger partial charge on any atom is 0.251 e. The molecule has 1 aromatic carbocycles. The van der Waals surface area contributed by atoms with E-state index in [0.717, 1.165) is 25.3 Å². The van der Waals surface area contributed by atoms with Gasteiger partial charge in [-0.1, -0.05) is 0 Å². The van der Waals surface area contributed by atoms with Gasteiger partial charge in [-0.25, -0.2) is 4.39 Å². The number of ether oxygens (including phenoxy) is 1. The fourth-order valence-electron chi connectivity index (χ4n) is 2.35. The summed E-state index contributed by atoms with van der Waals surface area (Å²) in [5.41, 5.74) is 0.238. The molecule has 1 fully saturated rings. The minimum atomic E-state index is -0.571. The number of nitrogens with one attached hydrogen (secondary N) is 1. The van der Waals surface area contributed by atoms with Crippen LogP contribution in [0.3, 0.4) is 0 Å². The first-order valence-corrected chi connectivity index (χ1v) is 6.19. The fraction of sp³-hybridized carbons (Fsp3) is 0.429. The number of methoxy groups -OCH3 is 1. The number of carbonyl (C=O) groups excluding carboxylic acids is 1. The maximum absolute atomic E-state index is 13.5. The van der Waals surface area contributed by atoms with E-state index in [9.17, 15) is 9.18 Å². The van der Waals surface area contributed by atoms with Crippen LogP contribution < -0.4 is 10.1 Å². The normalized spacial score (nSPS) is 21.7. The molecule has 2 atom stereocenters. The summed E-state index contributed by atoms with van der Waals surface area (Å²) in [6.45, 7) is 0. The molecule has 0 aromatic heterocycles. The van der Waals surface area contributed by atoms with Gasteiger partial charge in [0.25, 0.3) is 5.91 Å². The minimum absolute atomic E-state index is 0.104. The lowest BCUT2D eigenvalue weighted by molar-refractivity contribution is 0.0932. The second kappa shape index (κ2) is 5.70. The van der Waals surface area contributed by atoms with Gasteiger partial charge in [-0.2, -0.15) is 5.26 Å². The van der Waals surface area contributed by atoms with Gasteiger partial charge < -0.3 is 10.1 Å². The van der Waals surface area contributed by atoms with Gasteiger partial charge in [0.05, 0.1) is 19.1 Å². The Morgan fingerprint density at radius 3 is 2.95 bits per heavy atom. The molecule has 5 heteroatoms. The van der Waals surface area contributed by atoms with Crippen LogP contribution in [0.5, 0.6) is 5.75 Å². The summed E-state index contributed by atoms with van der Waals surface area (Å²) in [6.07, 6.45) is 2.53. The van der Waals surface area contributed by atoms with Crippen LogP contribution in [0.15, 0.2) is 18.2 Å². The Morgan fingerprint density at radius 1 is 1.53 bits per heavy atom. The van der Waals surface area contributed by atoms with E-state index in [2.05, 4.69) is 11.4 Å². The average Bonchev–Trinajstić information content (AvgIpc) is 2.85. The predicted octanol–water partition coefficient (Wildman–Crippen LogP) is 2.26. The van der Waals surface area contributed by atoms with Crippen LogP contribution >= 0.6 is 0 Å². The summed E-state index contributed by atoms with van der Waals surface area (Å²) >= 11 is 0. The van der Waals surface area contributed by atoms with Gasteiger partial charge in [-0.3, -0.25) is 4.79 Å². The molecular weight excluding hydrogens is 247 g/mol. The molecule has 1 N–H and O–H groups in total. The number of nitriles is 1. The molecule has 1 aliphatic rings. The topological polar surface area (TPSA) is 62.1 Å². The van der Waals surface area contributed by atoms with Crippen LogP contribution in [0.2, 0.25) is 0 Å². The molecule has 1 saturated carbocycles. The molecule has 0 heterocycles. The third-order valence-corrected chi connectivity index (χ3v) is 3.41. The minimum Gasteiger partial charge on any atom is -0.494 e. The zero-order valence-corrected chi connectivity index (χ0v) is 10.6. The SMILES string of the molecule is COc1ccc(C(=O)NC2CCCC2C#N)cc1F. The predicted molar refractivity (Wildman–Crippen MR) is 67.2 cm³/mol. The van der Waals surface area contributed by atoms with Gasteiger partial charge in [0.2, 0.25) is 0 Å².